The number of nitrogens with zero attached hydrogens (tertiary/aromatic N) is 2. The van der Waals surface area contributed by atoms with Gasteiger partial charge >= 0.3 is 0 Å². The van der Waals surface area contributed by atoms with Gasteiger partial charge in [-0.15, -0.1) is 0 Å². The molecule has 0 atom stereocenters. The van der Waals surface area contributed by atoms with Crippen LogP contribution in [0.1, 0.15) is 45.7 Å². The fourth-order valence-corrected chi connectivity index (χ4v) is 2.13. The van der Waals surface area contributed by atoms with E-state index < -0.39 is 0 Å². The Kier molecular flexibility index (Phi) is 4.73. The monoisotopic (exact) mass is 232 g/mol. The van der Waals surface area contributed by atoms with Gasteiger partial charge in [0.05, 0.1) is 11.4 Å². The molecule has 0 bridgehead atoms. The minimum Gasteiger partial charge on any atom is -0.342 e. The number of pyridine rings is 1. The summed E-state index contributed by atoms with van der Waals surface area (Å²) in [6, 6.07) is 4.09. The summed E-state index contributed by atoms with van der Waals surface area (Å²) in [5.41, 5.74) is 2.30. The van der Waals surface area contributed by atoms with Crippen molar-refractivity contribution in [3.8, 4) is 0 Å². The lowest BCUT2D eigenvalue weighted by Gasteiger charge is -2.38. The van der Waals surface area contributed by atoms with Crippen LogP contribution < -0.4 is 4.90 Å². The highest BCUT2D eigenvalue weighted by atomic mass is 15.2. The molecule has 17 heavy (non-hydrogen) atoms. The van der Waals surface area contributed by atoms with Gasteiger partial charge in [0.2, 0.25) is 0 Å². The Bertz CT molecular complexity index is 369. The van der Waals surface area contributed by atoms with E-state index >= 15 is 0 Å². The van der Waals surface area contributed by atoms with Crippen molar-refractivity contribution >= 4 is 5.69 Å². The Balaban J connectivity index is 2.99. The normalized spacial score (nSPS) is 11.3. The highest BCUT2D eigenvalue weighted by molar-refractivity contribution is 5.54. The maximum atomic E-state index is 4.35. The standard InChI is InChI=1S/C15H24N2/c1-6-8-11-15(4,5)17(7-2)14-10-9-12-16-13(14)3/h7,9-10,12H,2,6,8,11H2,1,3-5H3. The fraction of sp³-hybridized carbons (Fsp3) is 0.533. The lowest BCUT2D eigenvalue weighted by molar-refractivity contribution is 0.442. The molecular formula is C15H24N2. The highest BCUT2D eigenvalue weighted by Crippen LogP contribution is 2.29. The van der Waals surface area contributed by atoms with Crippen molar-refractivity contribution in [3.63, 3.8) is 0 Å². The van der Waals surface area contributed by atoms with Gasteiger partial charge in [-0.25, -0.2) is 0 Å². The van der Waals surface area contributed by atoms with Crippen LogP contribution in [0.4, 0.5) is 5.69 Å². The number of hydrogen-bond acceptors (Lipinski definition) is 2. The van der Waals surface area contributed by atoms with Crippen molar-refractivity contribution in [2.75, 3.05) is 4.90 Å². The number of anilines is 1. The van der Waals surface area contributed by atoms with Crippen LogP contribution in [0.15, 0.2) is 31.1 Å². The zero-order chi connectivity index (χ0) is 12.9. The van der Waals surface area contributed by atoms with E-state index in [-0.39, 0.29) is 5.54 Å². The summed E-state index contributed by atoms with van der Waals surface area (Å²) < 4.78 is 0. The molecule has 1 rings (SSSR count). The minimum atomic E-state index is 0.0888. The Morgan fingerprint density at radius 1 is 1.47 bits per heavy atom. The quantitative estimate of drug-likeness (QED) is 0.726. The first-order chi connectivity index (χ1) is 8.03. The predicted molar refractivity (Wildman–Crippen MR) is 75.3 cm³/mol. The van der Waals surface area contributed by atoms with Gasteiger partial charge < -0.3 is 4.90 Å². The zero-order valence-corrected chi connectivity index (χ0v) is 11.5. The maximum absolute atomic E-state index is 4.35. The van der Waals surface area contributed by atoms with Crippen LogP contribution in [0.2, 0.25) is 0 Å². The predicted octanol–water partition coefficient (Wildman–Crippen LogP) is 4.31. The van der Waals surface area contributed by atoms with Crippen molar-refractivity contribution in [1.29, 1.82) is 0 Å². The molecule has 0 aliphatic carbocycles. The Labute approximate surface area is 105 Å². The summed E-state index contributed by atoms with van der Waals surface area (Å²) in [4.78, 5) is 6.59. The molecule has 0 saturated heterocycles. The number of hydrogen-bond donors (Lipinski definition) is 0. The molecule has 0 radical (unpaired) electrons. The van der Waals surface area contributed by atoms with Gasteiger partial charge in [-0.2, -0.15) is 0 Å². The average molecular weight is 232 g/mol. The third-order valence-corrected chi connectivity index (χ3v) is 3.22. The fourth-order valence-electron chi connectivity index (χ4n) is 2.13. The number of aromatic nitrogens is 1. The molecule has 0 aromatic carbocycles. The molecule has 0 saturated carbocycles. The third-order valence-electron chi connectivity index (χ3n) is 3.22. The summed E-state index contributed by atoms with van der Waals surface area (Å²) >= 11 is 0. The molecule has 1 heterocycles. The van der Waals surface area contributed by atoms with E-state index in [1.807, 2.05) is 25.4 Å². The van der Waals surface area contributed by atoms with Crippen LogP contribution in [0.25, 0.3) is 0 Å². The third kappa shape index (κ3) is 3.32. The largest absolute Gasteiger partial charge is 0.342 e. The number of unbranched alkanes of at least 4 members (excludes halogenated alkanes) is 1. The van der Waals surface area contributed by atoms with Gasteiger partial charge in [-0.1, -0.05) is 26.3 Å². The number of rotatable bonds is 6. The van der Waals surface area contributed by atoms with Crippen LogP contribution >= 0.6 is 0 Å². The van der Waals surface area contributed by atoms with Crippen LogP contribution in [-0.2, 0) is 0 Å². The first-order valence-electron chi connectivity index (χ1n) is 6.36. The van der Waals surface area contributed by atoms with Crippen molar-refractivity contribution in [2.24, 2.45) is 0 Å². The van der Waals surface area contributed by atoms with Crippen molar-refractivity contribution in [3.05, 3.63) is 36.8 Å². The number of aryl methyl sites for hydroxylation is 1. The van der Waals surface area contributed by atoms with E-state index in [1.54, 1.807) is 0 Å². The molecule has 0 aliphatic heterocycles. The molecule has 0 fully saturated rings. The van der Waals surface area contributed by atoms with Crippen LogP contribution in [0, 0.1) is 6.92 Å². The second-order valence-corrected chi connectivity index (χ2v) is 5.08. The molecule has 0 unspecified atom stereocenters. The van der Waals surface area contributed by atoms with Gasteiger partial charge in [-0.3, -0.25) is 4.98 Å². The molecule has 0 amide bonds. The van der Waals surface area contributed by atoms with E-state index in [4.69, 9.17) is 0 Å². The molecule has 1 aromatic heterocycles. The molecule has 0 aliphatic rings. The molecular weight excluding hydrogens is 208 g/mol. The van der Waals surface area contributed by atoms with Crippen molar-refractivity contribution in [1.82, 2.24) is 4.98 Å². The van der Waals surface area contributed by atoms with Crippen LogP contribution in [0.3, 0.4) is 0 Å². The lowest BCUT2D eigenvalue weighted by Crippen LogP contribution is -2.40. The Morgan fingerprint density at radius 3 is 2.71 bits per heavy atom. The van der Waals surface area contributed by atoms with Crippen molar-refractivity contribution < 1.29 is 0 Å². The summed E-state index contributed by atoms with van der Waals surface area (Å²) in [6.07, 6.45) is 7.36. The summed E-state index contributed by atoms with van der Waals surface area (Å²) in [7, 11) is 0. The molecule has 2 nitrogen and oxygen atoms in total. The van der Waals surface area contributed by atoms with E-state index in [9.17, 15) is 0 Å². The van der Waals surface area contributed by atoms with Crippen LogP contribution in [-0.4, -0.2) is 10.5 Å². The molecule has 0 N–H and O–H groups in total. The van der Waals surface area contributed by atoms with E-state index in [2.05, 4.69) is 43.3 Å². The smallest absolute Gasteiger partial charge is 0.0627 e. The highest BCUT2D eigenvalue weighted by Gasteiger charge is 2.25. The van der Waals surface area contributed by atoms with Crippen LogP contribution in [0.5, 0.6) is 0 Å². The second kappa shape index (κ2) is 5.85. The first kappa shape index (κ1) is 13.8. The van der Waals surface area contributed by atoms with Gasteiger partial charge in [0.15, 0.2) is 0 Å². The average Bonchev–Trinajstić information content (AvgIpc) is 2.30. The summed E-state index contributed by atoms with van der Waals surface area (Å²) in [5.74, 6) is 0. The SMILES string of the molecule is C=CN(c1cccnc1C)C(C)(C)CCCC. The molecule has 94 valence electrons. The van der Waals surface area contributed by atoms with Gasteiger partial charge in [0.1, 0.15) is 0 Å². The Morgan fingerprint density at radius 2 is 2.18 bits per heavy atom. The zero-order valence-electron chi connectivity index (χ0n) is 11.5. The Hall–Kier alpha value is -1.31. The minimum absolute atomic E-state index is 0.0888. The van der Waals surface area contributed by atoms with E-state index in [1.165, 1.54) is 12.8 Å². The van der Waals surface area contributed by atoms with Gasteiger partial charge in [0.25, 0.3) is 0 Å². The molecule has 1 aromatic rings. The second-order valence-electron chi connectivity index (χ2n) is 5.08. The van der Waals surface area contributed by atoms with Gasteiger partial charge in [-0.05, 0) is 45.5 Å². The first-order valence-corrected chi connectivity index (χ1v) is 6.36. The maximum Gasteiger partial charge on any atom is 0.0627 e. The van der Waals surface area contributed by atoms with E-state index in [0.29, 0.717) is 0 Å². The van der Waals surface area contributed by atoms with Crippen molar-refractivity contribution in [2.45, 2.75) is 52.5 Å². The summed E-state index contributed by atoms with van der Waals surface area (Å²) in [6.45, 7) is 12.7. The lowest BCUT2D eigenvalue weighted by atomic mass is 9.94. The molecule has 0 spiro atoms. The van der Waals surface area contributed by atoms with E-state index in [0.717, 1.165) is 17.8 Å². The topological polar surface area (TPSA) is 16.1 Å². The molecule has 2 heteroatoms. The summed E-state index contributed by atoms with van der Waals surface area (Å²) in [5, 5.41) is 0. The van der Waals surface area contributed by atoms with Gasteiger partial charge in [0, 0.05) is 11.7 Å².